The average Bonchev–Trinajstić information content (AvgIpc) is 3.28. The summed E-state index contributed by atoms with van der Waals surface area (Å²) in [4.78, 5) is 0. The molecule has 0 saturated carbocycles. The number of aromatic nitrogens is 2. The molecule has 33 heavy (non-hydrogen) atoms. The Kier molecular flexibility index (Phi) is 6.46. The van der Waals surface area contributed by atoms with Crippen LogP contribution in [0.25, 0.3) is 28.1 Å². The third-order valence-electron chi connectivity index (χ3n) is 5.31. The summed E-state index contributed by atoms with van der Waals surface area (Å²) in [7, 11) is 6.19. The number of hydrogen-bond acceptors (Lipinski definition) is 6. The predicted molar refractivity (Wildman–Crippen MR) is 130 cm³/mol. The molecule has 0 aliphatic carbocycles. The van der Waals surface area contributed by atoms with Crippen LogP contribution in [0.1, 0.15) is 0 Å². The molecule has 0 unspecified atom stereocenters. The van der Waals surface area contributed by atoms with Gasteiger partial charge in [-0.25, -0.2) is 4.68 Å². The van der Waals surface area contributed by atoms with E-state index in [1.54, 1.807) is 37.2 Å². The summed E-state index contributed by atoms with van der Waals surface area (Å²) in [5.74, 6) is 1.80. The molecule has 0 bridgehead atoms. The van der Waals surface area contributed by atoms with Crippen molar-refractivity contribution in [1.82, 2.24) is 9.78 Å². The zero-order valence-electron chi connectivity index (χ0n) is 18.6. The molecular weight excluding hydrogens is 488 g/mol. The summed E-state index contributed by atoms with van der Waals surface area (Å²) in [5, 5.41) is 15.8. The van der Waals surface area contributed by atoms with Crippen molar-refractivity contribution in [2.45, 2.75) is 0 Å². The van der Waals surface area contributed by atoms with Gasteiger partial charge in [0.2, 0.25) is 5.75 Å². The van der Waals surface area contributed by atoms with Crippen molar-refractivity contribution in [3.05, 3.63) is 65.3 Å². The van der Waals surface area contributed by atoms with Crippen LogP contribution < -0.4 is 18.9 Å². The maximum Gasteiger partial charge on any atom is 0.203 e. The summed E-state index contributed by atoms with van der Waals surface area (Å²) >= 11 is 3.65. The first kappa shape index (κ1) is 22.5. The SMILES string of the molecule is COc1cc(Br)c(-c2cnn(-c3ccccc3)c2-c2ccc(OC)c(OC)c2O)cc1OC. The van der Waals surface area contributed by atoms with Crippen LogP contribution in [-0.4, -0.2) is 43.3 Å². The molecule has 1 heterocycles. The van der Waals surface area contributed by atoms with Crippen LogP contribution in [-0.2, 0) is 0 Å². The minimum atomic E-state index is -0.0487. The van der Waals surface area contributed by atoms with Gasteiger partial charge in [0.1, 0.15) is 0 Å². The highest BCUT2D eigenvalue weighted by Gasteiger charge is 2.24. The van der Waals surface area contributed by atoms with Crippen LogP contribution in [0.4, 0.5) is 0 Å². The first-order valence-corrected chi connectivity index (χ1v) is 10.8. The van der Waals surface area contributed by atoms with Crippen LogP contribution in [0.3, 0.4) is 0 Å². The summed E-state index contributed by atoms with van der Waals surface area (Å²) in [6.07, 6.45) is 1.75. The van der Waals surface area contributed by atoms with Crippen molar-refractivity contribution in [3.63, 3.8) is 0 Å². The summed E-state index contributed by atoms with van der Waals surface area (Å²) < 4.78 is 24.3. The maximum atomic E-state index is 11.2. The van der Waals surface area contributed by atoms with Crippen molar-refractivity contribution < 1.29 is 24.1 Å². The fourth-order valence-electron chi connectivity index (χ4n) is 3.73. The van der Waals surface area contributed by atoms with Gasteiger partial charge in [-0.15, -0.1) is 0 Å². The minimum Gasteiger partial charge on any atom is -0.504 e. The van der Waals surface area contributed by atoms with E-state index in [1.807, 2.05) is 42.5 Å². The van der Waals surface area contributed by atoms with E-state index in [0.717, 1.165) is 21.3 Å². The zero-order chi connectivity index (χ0) is 23.5. The molecule has 0 saturated heterocycles. The Morgan fingerprint density at radius 2 is 1.42 bits per heavy atom. The molecule has 1 N–H and O–H groups in total. The normalized spacial score (nSPS) is 10.7. The molecular formula is C25H23BrN2O5. The minimum absolute atomic E-state index is 0.0487. The van der Waals surface area contributed by atoms with E-state index in [0.29, 0.717) is 28.5 Å². The highest BCUT2D eigenvalue weighted by Crippen LogP contribution is 2.48. The summed E-state index contributed by atoms with van der Waals surface area (Å²) in [5.41, 5.74) is 3.64. The zero-order valence-corrected chi connectivity index (χ0v) is 20.2. The molecule has 0 radical (unpaired) electrons. The Morgan fingerprint density at radius 1 is 0.758 bits per heavy atom. The lowest BCUT2D eigenvalue weighted by atomic mass is 9.99. The molecule has 0 amide bonds. The number of methoxy groups -OCH3 is 4. The second-order valence-corrected chi connectivity index (χ2v) is 7.89. The molecule has 7 nitrogen and oxygen atoms in total. The molecule has 0 fully saturated rings. The molecule has 0 spiro atoms. The quantitative estimate of drug-likeness (QED) is 0.343. The van der Waals surface area contributed by atoms with Crippen molar-refractivity contribution in [2.75, 3.05) is 28.4 Å². The lowest BCUT2D eigenvalue weighted by Crippen LogP contribution is -2.01. The monoisotopic (exact) mass is 510 g/mol. The molecule has 0 aliphatic heterocycles. The first-order valence-electron chi connectivity index (χ1n) is 10.0. The fourth-order valence-corrected chi connectivity index (χ4v) is 4.27. The van der Waals surface area contributed by atoms with Crippen molar-refractivity contribution in [2.24, 2.45) is 0 Å². The molecule has 0 atom stereocenters. The largest absolute Gasteiger partial charge is 0.504 e. The molecule has 4 aromatic rings. The maximum absolute atomic E-state index is 11.2. The summed E-state index contributed by atoms with van der Waals surface area (Å²) in [6.45, 7) is 0. The fraction of sp³-hybridized carbons (Fsp3) is 0.160. The van der Waals surface area contributed by atoms with Crippen LogP contribution in [0, 0.1) is 0 Å². The van der Waals surface area contributed by atoms with Crippen LogP contribution in [0.15, 0.2) is 65.3 Å². The topological polar surface area (TPSA) is 75.0 Å². The van der Waals surface area contributed by atoms with Crippen molar-refractivity contribution in [1.29, 1.82) is 0 Å². The standard InChI is InChI=1S/C25H23BrN2O5/c1-30-20-11-10-16(24(29)25(20)33-4)23-18(14-27-28(23)15-8-6-5-7-9-15)17-12-21(31-2)22(32-3)13-19(17)26/h5-14,29H,1-4H3. The van der Waals surface area contributed by atoms with Gasteiger partial charge in [-0.1, -0.05) is 34.1 Å². The number of para-hydroxylation sites is 1. The second-order valence-electron chi connectivity index (χ2n) is 7.04. The van der Waals surface area contributed by atoms with E-state index in [2.05, 4.69) is 21.0 Å². The van der Waals surface area contributed by atoms with Gasteiger partial charge in [0.05, 0.1) is 46.0 Å². The molecule has 3 aromatic carbocycles. The molecule has 1 aromatic heterocycles. The highest BCUT2D eigenvalue weighted by atomic mass is 79.9. The molecule has 4 rings (SSSR count). The van der Waals surface area contributed by atoms with Crippen LogP contribution in [0.5, 0.6) is 28.7 Å². The number of phenolic OH excluding ortho intramolecular Hbond substituents is 1. The first-order chi connectivity index (χ1) is 16.0. The number of halogens is 1. The highest BCUT2D eigenvalue weighted by molar-refractivity contribution is 9.10. The smallest absolute Gasteiger partial charge is 0.203 e. The average molecular weight is 511 g/mol. The van der Waals surface area contributed by atoms with E-state index >= 15 is 0 Å². The third-order valence-corrected chi connectivity index (χ3v) is 5.96. The van der Waals surface area contributed by atoms with Gasteiger partial charge >= 0.3 is 0 Å². The van der Waals surface area contributed by atoms with Gasteiger partial charge in [0, 0.05) is 21.2 Å². The summed E-state index contributed by atoms with van der Waals surface area (Å²) in [6, 6.07) is 16.9. The third kappa shape index (κ3) is 3.98. The Bertz CT molecular complexity index is 1290. The lowest BCUT2D eigenvalue weighted by molar-refractivity contribution is 0.333. The van der Waals surface area contributed by atoms with E-state index in [-0.39, 0.29) is 11.5 Å². The van der Waals surface area contributed by atoms with Gasteiger partial charge in [-0.05, 0) is 36.4 Å². The molecule has 8 heteroatoms. The van der Waals surface area contributed by atoms with Gasteiger partial charge in [-0.2, -0.15) is 5.10 Å². The number of aromatic hydroxyl groups is 1. The van der Waals surface area contributed by atoms with Crippen LogP contribution >= 0.6 is 15.9 Å². The predicted octanol–water partition coefficient (Wildman–Crippen LogP) is 5.71. The van der Waals surface area contributed by atoms with Crippen molar-refractivity contribution in [3.8, 4) is 56.8 Å². The number of nitrogens with zero attached hydrogens (tertiary/aromatic N) is 2. The Morgan fingerprint density at radius 3 is 2.06 bits per heavy atom. The second kappa shape index (κ2) is 9.46. The lowest BCUT2D eigenvalue weighted by Gasteiger charge is -2.17. The van der Waals surface area contributed by atoms with Gasteiger partial charge in [0.15, 0.2) is 23.0 Å². The number of hydrogen-bond donors (Lipinski definition) is 1. The number of phenols is 1. The Hall–Kier alpha value is -3.65. The van der Waals surface area contributed by atoms with E-state index < -0.39 is 0 Å². The molecule has 170 valence electrons. The van der Waals surface area contributed by atoms with Gasteiger partial charge in [0.25, 0.3) is 0 Å². The van der Waals surface area contributed by atoms with Gasteiger partial charge < -0.3 is 24.1 Å². The Balaban J connectivity index is 2.04. The molecule has 0 aliphatic rings. The van der Waals surface area contributed by atoms with E-state index in [9.17, 15) is 5.11 Å². The number of rotatable bonds is 7. The number of benzene rings is 3. The Labute approximate surface area is 200 Å². The van der Waals surface area contributed by atoms with Gasteiger partial charge in [-0.3, -0.25) is 0 Å². The van der Waals surface area contributed by atoms with E-state index in [4.69, 9.17) is 18.9 Å². The number of ether oxygens (including phenoxy) is 4. The van der Waals surface area contributed by atoms with Crippen LogP contribution in [0.2, 0.25) is 0 Å². The van der Waals surface area contributed by atoms with E-state index in [1.165, 1.54) is 14.2 Å². The van der Waals surface area contributed by atoms with Crippen molar-refractivity contribution >= 4 is 15.9 Å².